The van der Waals surface area contributed by atoms with Crippen molar-refractivity contribution < 1.29 is 0 Å². The number of hydrogen-bond donors (Lipinski definition) is 0. The molecule has 0 atom stereocenters. The number of nitrogens with zero attached hydrogens (tertiary/aromatic N) is 3. The van der Waals surface area contributed by atoms with Gasteiger partial charge >= 0.3 is 0 Å². The first kappa shape index (κ1) is 12.2. The molecular formula is C12H23N3. The SMILES string of the molecule is CCCCCCn1nncc1CCCC. The first-order valence-corrected chi connectivity index (χ1v) is 6.25. The molecule has 0 aromatic carbocycles. The zero-order chi connectivity index (χ0) is 10.9. The summed E-state index contributed by atoms with van der Waals surface area (Å²) in [4.78, 5) is 0. The van der Waals surface area contributed by atoms with Gasteiger partial charge in [0.1, 0.15) is 0 Å². The largest absolute Gasteiger partial charge is 0.249 e. The molecule has 0 saturated carbocycles. The molecule has 0 bridgehead atoms. The Labute approximate surface area is 92.9 Å². The molecule has 0 radical (unpaired) electrons. The van der Waals surface area contributed by atoms with Crippen molar-refractivity contribution in [3.8, 4) is 0 Å². The van der Waals surface area contributed by atoms with Crippen LogP contribution >= 0.6 is 0 Å². The zero-order valence-electron chi connectivity index (χ0n) is 10.1. The maximum atomic E-state index is 4.13. The molecule has 0 aliphatic heterocycles. The summed E-state index contributed by atoms with van der Waals surface area (Å²) in [5.41, 5.74) is 1.30. The first-order chi connectivity index (χ1) is 7.38. The van der Waals surface area contributed by atoms with Crippen LogP contribution in [0.15, 0.2) is 6.20 Å². The van der Waals surface area contributed by atoms with Crippen molar-refractivity contribution >= 4 is 0 Å². The van der Waals surface area contributed by atoms with Crippen LogP contribution in [0.1, 0.15) is 58.1 Å². The monoisotopic (exact) mass is 209 g/mol. The Morgan fingerprint density at radius 2 is 1.87 bits per heavy atom. The van der Waals surface area contributed by atoms with Crippen LogP contribution < -0.4 is 0 Å². The minimum absolute atomic E-state index is 1.04. The van der Waals surface area contributed by atoms with E-state index in [1.54, 1.807) is 0 Å². The fraction of sp³-hybridized carbons (Fsp3) is 0.833. The molecule has 0 aliphatic rings. The van der Waals surface area contributed by atoms with Gasteiger partial charge in [-0.25, -0.2) is 4.68 Å². The fourth-order valence-corrected chi connectivity index (χ4v) is 1.71. The minimum atomic E-state index is 1.04. The average Bonchev–Trinajstić information content (AvgIpc) is 2.69. The van der Waals surface area contributed by atoms with Crippen LogP contribution in [0.4, 0.5) is 0 Å². The third kappa shape index (κ3) is 4.45. The molecule has 0 spiro atoms. The highest BCUT2D eigenvalue weighted by atomic mass is 15.4. The second kappa shape index (κ2) is 7.43. The molecule has 1 rings (SSSR count). The Kier molecular flexibility index (Phi) is 6.05. The molecule has 1 aromatic heterocycles. The summed E-state index contributed by atoms with van der Waals surface area (Å²) in [7, 11) is 0. The van der Waals surface area contributed by atoms with Gasteiger partial charge in [0.15, 0.2) is 0 Å². The number of aromatic nitrogens is 3. The van der Waals surface area contributed by atoms with E-state index in [4.69, 9.17) is 0 Å². The summed E-state index contributed by atoms with van der Waals surface area (Å²) in [6.07, 6.45) is 10.7. The Bertz CT molecular complexity index is 255. The Morgan fingerprint density at radius 1 is 1.07 bits per heavy atom. The van der Waals surface area contributed by atoms with Gasteiger partial charge in [0.05, 0.1) is 11.9 Å². The first-order valence-electron chi connectivity index (χ1n) is 6.25. The standard InChI is InChI=1S/C12H23N3/c1-3-5-7-8-10-15-12(9-6-4-2)11-13-14-15/h11H,3-10H2,1-2H3. The summed E-state index contributed by atoms with van der Waals surface area (Å²) >= 11 is 0. The van der Waals surface area contributed by atoms with Gasteiger partial charge in [0, 0.05) is 6.54 Å². The van der Waals surface area contributed by atoms with Crippen LogP contribution in [0.2, 0.25) is 0 Å². The van der Waals surface area contributed by atoms with Gasteiger partial charge in [-0.15, -0.1) is 5.10 Å². The molecule has 0 fully saturated rings. The van der Waals surface area contributed by atoms with E-state index >= 15 is 0 Å². The molecule has 0 aliphatic carbocycles. The van der Waals surface area contributed by atoms with Crippen molar-refractivity contribution in [1.29, 1.82) is 0 Å². The fourth-order valence-electron chi connectivity index (χ4n) is 1.71. The molecule has 1 aromatic rings. The van der Waals surface area contributed by atoms with Crippen molar-refractivity contribution in [2.45, 2.75) is 65.3 Å². The van der Waals surface area contributed by atoms with E-state index in [0.717, 1.165) is 13.0 Å². The minimum Gasteiger partial charge on any atom is -0.249 e. The predicted molar refractivity (Wildman–Crippen MR) is 62.8 cm³/mol. The average molecular weight is 209 g/mol. The van der Waals surface area contributed by atoms with Crippen molar-refractivity contribution in [2.75, 3.05) is 0 Å². The van der Waals surface area contributed by atoms with Crippen molar-refractivity contribution in [3.05, 3.63) is 11.9 Å². The van der Waals surface area contributed by atoms with E-state index < -0.39 is 0 Å². The van der Waals surface area contributed by atoms with Gasteiger partial charge in [-0.2, -0.15) is 0 Å². The molecule has 0 unspecified atom stereocenters. The molecule has 0 amide bonds. The van der Waals surface area contributed by atoms with Crippen LogP contribution in [-0.4, -0.2) is 15.0 Å². The van der Waals surface area contributed by atoms with Crippen LogP contribution in [-0.2, 0) is 13.0 Å². The smallest absolute Gasteiger partial charge is 0.0725 e. The van der Waals surface area contributed by atoms with Crippen LogP contribution in [0, 0.1) is 0 Å². The van der Waals surface area contributed by atoms with E-state index in [9.17, 15) is 0 Å². The highest BCUT2D eigenvalue weighted by Crippen LogP contribution is 2.06. The Morgan fingerprint density at radius 3 is 2.60 bits per heavy atom. The second-order valence-corrected chi connectivity index (χ2v) is 4.11. The van der Waals surface area contributed by atoms with Gasteiger partial charge in [-0.3, -0.25) is 0 Å². The third-order valence-corrected chi connectivity index (χ3v) is 2.71. The second-order valence-electron chi connectivity index (χ2n) is 4.11. The van der Waals surface area contributed by atoms with Crippen molar-refractivity contribution in [3.63, 3.8) is 0 Å². The lowest BCUT2D eigenvalue weighted by atomic mass is 10.2. The van der Waals surface area contributed by atoms with E-state index in [0.29, 0.717) is 0 Å². The maximum Gasteiger partial charge on any atom is 0.0725 e. The third-order valence-electron chi connectivity index (χ3n) is 2.71. The van der Waals surface area contributed by atoms with Gasteiger partial charge in [-0.1, -0.05) is 44.7 Å². The lowest BCUT2D eigenvalue weighted by Crippen LogP contribution is -2.05. The normalized spacial score (nSPS) is 10.8. The van der Waals surface area contributed by atoms with Crippen molar-refractivity contribution in [2.24, 2.45) is 0 Å². The summed E-state index contributed by atoms with van der Waals surface area (Å²) in [5, 5.41) is 8.12. The molecule has 86 valence electrons. The highest BCUT2D eigenvalue weighted by molar-refractivity contribution is 4.93. The topological polar surface area (TPSA) is 30.7 Å². The number of rotatable bonds is 8. The lowest BCUT2D eigenvalue weighted by molar-refractivity contribution is 0.508. The Balaban J connectivity index is 2.29. The molecule has 3 heteroatoms. The van der Waals surface area contributed by atoms with Gasteiger partial charge in [0.25, 0.3) is 0 Å². The quantitative estimate of drug-likeness (QED) is 0.615. The van der Waals surface area contributed by atoms with E-state index in [1.807, 2.05) is 6.20 Å². The lowest BCUT2D eigenvalue weighted by Gasteiger charge is -2.05. The highest BCUT2D eigenvalue weighted by Gasteiger charge is 2.02. The van der Waals surface area contributed by atoms with Gasteiger partial charge < -0.3 is 0 Å². The summed E-state index contributed by atoms with van der Waals surface area (Å²) in [6.45, 7) is 5.50. The van der Waals surface area contributed by atoms with Crippen molar-refractivity contribution in [1.82, 2.24) is 15.0 Å². The summed E-state index contributed by atoms with van der Waals surface area (Å²) in [6, 6.07) is 0. The van der Waals surface area contributed by atoms with E-state index in [2.05, 4.69) is 28.8 Å². The molecule has 0 saturated heterocycles. The van der Waals surface area contributed by atoms with Gasteiger partial charge in [0.2, 0.25) is 0 Å². The zero-order valence-corrected chi connectivity index (χ0v) is 10.1. The molecular weight excluding hydrogens is 186 g/mol. The molecule has 15 heavy (non-hydrogen) atoms. The van der Waals surface area contributed by atoms with Gasteiger partial charge in [-0.05, 0) is 19.3 Å². The molecule has 1 heterocycles. The number of hydrogen-bond acceptors (Lipinski definition) is 2. The van der Waals surface area contributed by atoms with Crippen LogP contribution in [0.5, 0.6) is 0 Å². The molecule has 0 N–H and O–H groups in total. The van der Waals surface area contributed by atoms with Crippen LogP contribution in [0.25, 0.3) is 0 Å². The Hall–Kier alpha value is -0.860. The van der Waals surface area contributed by atoms with Crippen LogP contribution in [0.3, 0.4) is 0 Å². The van der Waals surface area contributed by atoms with E-state index in [1.165, 1.54) is 44.2 Å². The maximum absolute atomic E-state index is 4.13. The number of aryl methyl sites for hydroxylation is 2. The summed E-state index contributed by atoms with van der Waals surface area (Å²) < 4.78 is 2.07. The summed E-state index contributed by atoms with van der Waals surface area (Å²) in [5.74, 6) is 0. The number of unbranched alkanes of at least 4 members (excludes halogenated alkanes) is 4. The predicted octanol–water partition coefficient (Wildman–Crippen LogP) is 3.20. The van der Waals surface area contributed by atoms with E-state index in [-0.39, 0.29) is 0 Å². The molecule has 3 nitrogen and oxygen atoms in total.